The number of aliphatic hydroxyl groups is 19. The van der Waals surface area contributed by atoms with Crippen LogP contribution in [0.5, 0.6) is 0 Å². The maximum atomic E-state index is 13.1. The zero-order chi connectivity index (χ0) is 73.6. The predicted octanol–water partition coefficient (Wildman–Crippen LogP) is -16.4. The number of ether oxygens (including phenoxy) is 13. The molecule has 44 heteroatoms. The van der Waals surface area contributed by atoms with Crippen LogP contribution in [-0.4, -0.2) is 404 Å². The summed E-state index contributed by atoms with van der Waals surface area (Å²) in [5.74, 6) is -9.49. The summed E-state index contributed by atoms with van der Waals surface area (Å²) in [4.78, 5) is 76.0. The van der Waals surface area contributed by atoms with Gasteiger partial charge in [0.1, 0.15) is 165 Å². The average Bonchev–Trinajstić information content (AvgIpc) is 0.769. The molecule has 0 aromatic heterocycles. The van der Waals surface area contributed by atoms with Crippen LogP contribution in [0.15, 0.2) is 0 Å². The molecule has 0 radical (unpaired) electrons. The lowest BCUT2D eigenvalue weighted by Crippen LogP contribution is -2.71. The highest BCUT2D eigenvalue weighted by molar-refractivity contribution is 5.77. The van der Waals surface area contributed by atoms with Gasteiger partial charge in [0.15, 0.2) is 37.7 Å². The number of hydrogen-bond donors (Lipinski definition) is 25. The van der Waals surface area contributed by atoms with Crippen molar-refractivity contribution in [3.05, 3.63) is 0 Å². The van der Waals surface area contributed by atoms with Gasteiger partial charge in [-0.15, -0.1) is 0 Å². The normalized spacial score (nSPS) is 44.9. The van der Waals surface area contributed by atoms with Gasteiger partial charge >= 0.3 is 5.97 Å². The van der Waals surface area contributed by atoms with E-state index in [2.05, 4.69) is 26.6 Å². The molecule has 0 unspecified atom stereocenters. The number of carboxylic acids is 1. The van der Waals surface area contributed by atoms with Crippen LogP contribution in [0.3, 0.4) is 0 Å². The lowest BCUT2D eigenvalue weighted by molar-refractivity contribution is -0.383. The molecule has 99 heavy (non-hydrogen) atoms. The molecular formula is C55H91N5O39. The van der Waals surface area contributed by atoms with Crippen LogP contribution < -0.4 is 26.6 Å². The van der Waals surface area contributed by atoms with E-state index in [0.717, 1.165) is 34.6 Å². The minimum atomic E-state index is -3.05. The molecule has 0 aliphatic carbocycles. The van der Waals surface area contributed by atoms with Crippen LogP contribution in [0.25, 0.3) is 0 Å². The summed E-state index contributed by atoms with van der Waals surface area (Å²) < 4.78 is 76.1. The number of aliphatic hydroxyl groups excluding tert-OH is 19. The van der Waals surface area contributed by atoms with Crippen molar-refractivity contribution in [1.82, 2.24) is 26.6 Å². The van der Waals surface area contributed by atoms with E-state index in [-0.39, 0.29) is 0 Å². The van der Waals surface area contributed by atoms with Gasteiger partial charge in [-0.2, -0.15) is 0 Å². The summed E-state index contributed by atoms with van der Waals surface area (Å²) in [6.07, 6.45) is -62.1. The first-order valence-corrected chi connectivity index (χ1v) is 31.2. The zero-order valence-corrected chi connectivity index (χ0v) is 53.6. The molecule has 7 saturated heterocycles. The van der Waals surface area contributed by atoms with Crippen LogP contribution in [0, 0.1) is 0 Å². The highest BCUT2D eigenvalue weighted by Crippen LogP contribution is 2.39. The van der Waals surface area contributed by atoms with Crippen molar-refractivity contribution in [2.45, 2.75) is 261 Å². The van der Waals surface area contributed by atoms with Gasteiger partial charge in [-0.3, -0.25) is 24.0 Å². The number of rotatable bonds is 27. The third-order valence-corrected chi connectivity index (χ3v) is 17.5. The monoisotopic (exact) mass is 1450 g/mol. The number of hydrogen-bond acceptors (Lipinski definition) is 38. The Morgan fingerprint density at radius 2 is 0.808 bits per heavy atom. The van der Waals surface area contributed by atoms with Crippen molar-refractivity contribution in [3.63, 3.8) is 0 Å². The van der Waals surface area contributed by atoms with Gasteiger partial charge in [0.2, 0.25) is 29.5 Å². The fourth-order valence-electron chi connectivity index (χ4n) is 12.5. The summed E-state index contributed by atoms with van der Waals surface area (Å²) in [6, 6.07) is -9.02. The number of aliphatic carboxylic acids is 1. The number of carboxylic acid groups (broad SMARTS) is 1. The molecule has 5 amide bonds. The van der Waals surface area contributed by atoms with Crippen LogP contribution in [-0.2, 0) is 90.3 Å². The number of carbonyl (C=O) groups is 6. The summed E-state index contributed by atoms with van der Waals surface area (Å²) >= 11 is 0. The molecule has 25 N–H and O–H groups in total. The van der Waals surface area contributed by atoms with Gasteiger partial charge in [0.25, 0.3) is 5.79 Å². The first kappa shape index (κ1) is 81.8. The molecule has 0 saturated carbocycles. The Labute approximate surface area is 560 Å². The predicted molar refractivity (Wildman–Crippen MR) is 307 cm³/mol. The Hall–Kier alpha value is -4.46. The Balaban J connectivity index is 1.19. The molecule has 7 aliphatic heterocycles. The van der Waals surface area contributed by atoms with Crippen molar-refractivity contribution in [1.29, 1.82) is 0 Å². The molecule has 0 aromatic carbocycles. The minimum Gasteiger partial charge on any atom is -0.477 e. The quantitative estimate of drug-likeness (QED) is 0.0363. The van der Waals surface area contributed by atoms with E-state index < -0.39 is 308 Å². The Morgan fingerprint density at radius 1 is 0.414 bits per heavy atom. The number of carbonyl (C=O) groups excluding carboxylic acids is 5. The molecule has 44 nitrogen and oxygen atoms in total. The van der Waals surface area contributed by atoms with Crippen molar-refractivity contribution >= 4 is 35.5 Å². The second-order valence-electron chi connectivity index (χ2n) is 24.7. The van der Waals surface area contributed by atoms with Crippen molar-refractivity contribution < 1.29 is 192 Å². The van der Waals surface area contributed by atoms with E-state index in [1.54, 1.807) is 0 Å². The molecule has 7 rings (SSSR count). The molecule has 36 atom stereocenters. The maximum Gasteiger partial charge on any atom is 0.364 e. The number of nitrogens with one attached hydrogen (secondary N) is 5. The maximum absolute atomic E-state index is 13.1. The Morgan fingerprint density at radius 3 is 1.28 bits per heavy atom. The summed E-state index contributed by atoms with van der Waals surface area (Å²) in [5, 5.41) is 231. The smallest absolute Gasteiger partial charge is 0.364 e. The van der Waals surface area contributed by atoms with Crippen molar-refractivity contribution in [2.75, 3.05) is 46.2 Å². The molecular weight excluding hydrogens is 1350 g/mol. The van der Waals surface area contributed by atoms with Gasteiger partial charge in [-0.05, 0) is 0 Å². The zero-order valence-electron chi connectivity index (χ0n) is 53.6. The van der Waals surface area contributed by atoms with Gasteiger partial charge in [-0.25, -0.2) is 4.79 Å². The summed E-state index contributed by atoms with van der Waals surface area (Å²) in [6.45, 7) is -2.63. The molecule has 7 fully saturated rings. The molecule has 0 bridgehead atoms. The fourth-order valence-corrected chi connectivity index (χ4v) is 12.5. The lowest BCUT2D eigenvalue weighted by Gasteiger charge is -2.51. The van der Waals surface area contributed by atoms with Crippen LogP contribution in [0.4, 0.5) is 0 Å². The molecule has 7 aliphatic rings. The fraction of sp³-hybridized carbons (Fsp3) is 0.891. The Kier molecular flexibility index (Phi) is 29.2. The highest BCUT2D eigenvalue weighted by Gasteiger charge is 2.61. The summed E-state index contributed by atoms with van der Waals surface area (Å²) in [5.41, 5.74) is 0. The second kappa shape index (κ2) is 35.3. The SMILES string of the molecule is CC(=O)N[C@@H]1[C@@H](O[C@@H]2O[C@H](CO)[C@@H](O[C@@H]3O[C@H](CO[C@@H]4O[C@H](CO)[C@@H](O)[C@H](O)[C@H]4NC(C)=O)[C@H](O)[C@H](O[C@@H]4O[C@H](CO)[C@@H](O[C@@H]5O[C@H](CO)[C@H](O)[C@H](O)[C@H]5O)[C@H](O)[C@H]4NC(C)=O)[C@H]3O)[C@H](O)[C@H]2NC(C)=O)[C@@H](O)[C@@H](CO[C@]2(C(=O)O)C[C@H](O)[C@@H](NC(C)=O)[C@H]([C@H](O)[C@H](O)CO)O2)O[C@@H]1O. The molecule has 7 heterocycles. The van der Waals surface area contributed by atoms with Gasteiger partial charge in [0, 0.05) is 41.0 Å². The van der Waals surface area contributed by atoms with E-state index in [1.807, 2.05) is 0 Å². The van der Waals surface area contributed by atoms with Gasteiger partial charge in [-0.1, -0.05) is 0 Å². The third-order valence-electron chi connectivity index (χ3n) is 17.5. The molecule has 570 valence electrons. The van der Waals surface area contributed by atoms with E-state index in [0.29, 0.717) is 0 Å². The van der Waals surface area contributed by atoms with E-state index in [1.165, 1.54) is 0 Å². The van der Waals surface area contributed by atoms with E-state index in [9.17, 15) is 131 Å². The van der Waals surface area contributed by atoms with Crippen LogP contribution in [0.1, 0.15) is 41.0 Å². The third kappa shape index (κ3) is 18.7. The van der Waals surface area contributed by atoms with Crippen LogP contribution in [0.2, 0.25) is 0 Å². The largest absolute Gasteiger partial charge is 0.477 e. The molecule has 0 spiro atoms. The summed E-state index contributed by atoms with van der Waals surface area (Å²) in [7, 11) is 0. The standard InChI is InChI=1S/C55H91N5O39/c1-14(66)56-27-19(71)6-55(54(85)86,99-46(27)32(73)20(72)7-61)88-13-26-35(76)45(31(48(84)89-26)60-18(5)70)97-50-29(58-16(3)68)38(79)44(24(11-65)92-50)96-53-42(83)47(36(77)25(94-53)12-87-49-28(57-15(2)67)37(78)33(74)21(8-62)90-49)98-51-30(59-17(4)69)39(80)43(23(10-64)93-51)95-52-41(82)40(81)34(75)22(9-63)91-52/h19-53,61-65,71-84H,6-13H2,1-5H3,(H,56,66)(H,57,67)(H,58,68)(H,59,69)(H,60,70)(H,85,86)/t19-,20+,21+,22+,23+,24+,25+,26+,27+,28+,29+,30+,31+,32+,33+,34-,35-,36-,37+,38+,39+,40-,41+,42+,43+,44+,45+,46+,47-,48-,49+,50-,51-,52-,53-,55+/m0/s1. The number of amides is 5. The minimum absolute atomic E-state index is 0.797. The highest BCUT2D eigenvalue weighted by atomic mass is 16.8. The van der Waals surface area contributed by atoms with Gasteiger partial charge < -0.3 is 190 Å². The second-order valence-corrected chi connectivity index (χ2v) is 24.7. The average molecular weight is 1450 g/mol. The first-order valence-electron chi connectivity index (χ1n) is 31.2. The van der Waals surface area contributed by atoms with Crippen LogP contribution >= 0.6 is 0 Å². The molecule has 0 aromatic rings. The topological polar surface area (TPSA) is 687 Å². The van der Waals surface area contributed by atoms with Gasteiger partial charge in [0.05, 0.1) is 58.4 Å². The van der Waals surface area contributed by atoms with E-state index in [4.69, 9.17) is 61.6 Å². The lowest BCUT2D eigenvalue weighted by atomic mass is 9.88. The first-order chi connectivity index (χ1) is 46.6. The van der Waals surface area contributed by atoms with Crippen molar-refractivity contribution in [3.8, 4) is 0 Å². The van der Waals surface area contributed by atoms with E-state index >= 15 is 0 Å². The Bertz CT molecular complexity index is 2670. The van der Waals surface area contributed by atoms with Crippen molar-refractivity contribution in [2.24, 2.45) is 0 Å².